The molecule has 1 aliphatic heterocycles. The van der Waals surface area contributed by atoms with Crippen molar-refractivity contribution in [3.63, 3.8) is 0 Å². The van der Waals surface area contributed by atoms with Gasteiger partial charge in [-0.15, -0.1) is 0 Å². The molecule has 0 bridgehead atoms. The van der Waals surface area contributed by atoms with Crippen LogP contribution < -0.4 is 5.32 Å². The standard InChI is InChI=1S/C16H17NO/c1-11-15(8-9-17-11)16(18)14-7-6-12-4-2-3-5-13(12)10-14/h2-7,10-11,15,17H,8-9H2,1H3. The molecule has 0 saturated carbocycles. The summed E-state index contributed by atoms with van der Waals surface area (Å²) in [5.41, 5.74) is 0.842. The van der Waals surface area contributed by atoms with E-state index in [0.717, 1.165) is 23.9 Å². The highest BCUT2D eigenvalue weighted by atomic mass is 16.1. The van der Waals surface area contributed by atoms with Gasteiger partial charge >= 0.3 is 0 Å². The number of carbonyl (C=O) groups is 1. The molecule has 3 rings (SSSR count). The number of hydrogen-bond acceptors (Lipinski definition) is 2. The second-order valence-electron chi connectivity index (χ2n) is 5.06. The van der Waals surface area contributed by atoms with Crippen LogP contribution in [0, 0.1) is 5.92 Å². The van der Waals surface area contributed by atoms with Crippen LogP contribution in [0.3, 0.4) is 0 Å². The number of hydrogen-bond donors (Lipinski definition) is 1. The molecule has 2 atom stereocenters. The van der Waals surface area contributed by atoms with Gasteiger partial charge in [0.15, 0.2) is 5.78 Å². The maximum Gasteiger partial charge on any atom is 0.167 e. The van der Waals surface area contributed by atoms with Gasteiger partial charge in [0.2, 0.25) is 0 Å². The minimum atomic E-state index is 0.131. The summed E-state index contributed by atoms with van der Waals surface area (Å²) in [7, 11) is 0. The Kier molecular flexibility index (Phi) is 2.88. The third-order valence-corrected chi connectivity index (χ3v) is 3.90. The zero-order chi connectivity index (χ0) is 12.5. The van der Waals surface area contributed by atoms with E-state index >= 15 is 0 Å². The lowest BCUT2D eigenvalue weighted by molar-refractivity contribution is 0.0914. The number of ketones is 1. The first-order valence-electron chi connectivity index (χ1n) is 6.52. The van der Waals surface area contributed by atoms with Crippen LogP contribution in [0.1, 0.15) is 23.7 Å². The quantitative estimate of drug-likeness (QED) is 0.816. The molecule has 18 heavy (non-hydrogen) atoms. The SMILES string of the molecule is CC1NCCC1C(=O)c1ccc2ccccc2c1. The molecule has 2 aromatic carbocycles. The van der Waals surface area contributed by atoms with E-state index in [9.17, 15) is 4.79 Å². The van der Waals surface area contributed by atoms with Gasteiger partial charge in [-0.1, -0.05) is 36.4 Å². The van der Waals surface area contributed by atoms with Gasteiger partial charge in [-0.25, -0.2) is 0 Å². The van der Waals surface area contributed by atoms with Crippen LogP contribution in [-0.2, 0) is 0 Å². The largest absolute Gasteiger partial charge is 0.313 e. The molecule has 0 aliphatic carbocycles. The van der Waals surface area contributed by atoms with E-state index < -0.39 is 0 Å². The van der Waals surface area contributed by atoms with E-state index in [0.29, 0.717) is 6.04 Å². The molecule has 0 spiro atoms. The Balaban J connectivity index is 1.96. The molecule has 1 aliphatic rings. The van der Waals surface area contributed by atoms with Gasteiger partial charge in [0.25, 0.3) is 0 Å². The average Bonchev–Trinajstić information content (AvgIpc) is 2.83. The van der Waals surface area contributed by atoms with E-state index in [4.69, 9.17) is 0 Å². The van der Waals surface area contributed by atoms with Crippen molar-refractivity contribution in [1.29, 1.82) is 0 Å². The van der Waals surface area contributed by atoms with Crippen molar-refractivity contribution in [3.05, 3.63) is 48.0 Å². The van der Waals surface area contributed by atoms with Gasteiger partial charge in [0.05, 0.1) is 0 Å². The first-order chi connectivity index (χ1) is 8.75. The first kappa shape index (κ1) is 11.4. The van der Waals surface area contributed by atoms with Crippen molar-refractivity contribution in [3.8, 4) is 0 Å². The Morgan fingerprint density at radius 1 is 1.17 bits per heavy atom. The number of Topliss-reactive ketones (excluding diaryl/α,β-unsaturated/α-hetero) is 1. The normalized spacial score (nSPS) is 23.4. The van der Waals surface area contributed by atoms with E-state index in [1.165, 1.54) is 5.39 Å². The Bertz CT molecular complexity index is 590. The minimum Gasteiger partial charge on any atom is -0.313 e. The number of carbonyl (C=O) groups excluding carboxylic acids is 1. The van der Waals surface area contributed by atoms with E-state index in [2.05, 4.69) is 24.4 Å². The molecule has 2 heteroatoms. The lowest BCUT2D eigenvalue weighted by Crippen LogP contribution is -2.28. The van der Waals surface area contributed by atoms with Crippen molar-refractivity contribution in [2.24, 2.45) is 5.92 Å². The topological polar surface area (TPSA) is 29.1 Å². The number of nitrogens with one attached hydrogen (secondary N) is 1. The fraction of sp³-hybridized carbons (Fsp3) is 0.312. The van der Waals surface area contributed by atoms with Gasteiger partial charge in [-0.2, -0.15) is 0 Å². The van der Waals surface area contributed by atoms with Crippen LogP contribution in [-0.4, -0.2) is 18.4 Å². The molecular weight excluding hydrogens is 222 g/mol. The van der Waals surface area contributed by atoms with Gasteiger partial charge in [0.1, 0.15) is 0 Å². The molecule has 0 aromatic heterocycles. The maximum absolute atomic E-state index is 12.5. The van der Waals surface area contributed by atoms with Crippen LogP contribution in [0.15, 0.2) is 42.5 Å². The van der Waals surface area contributed by atoms with Crippen LogP contribution >= 0.6 is 0 Å². The summed E-state index contributed by atoms with van der Waals surface area (Å²) in [6.07, 6.45) is 0.951. The molecule has 2 nitrogen and oxygen atoms in total. The van der Waals surface area contributed by atoms with Gasteiger partial charge in [0, 0.05) is 17.5 Å². The second kappa shape index (κ2) is 4.54. The summed E-state index contributed by atoms with van der Waals surface area (Å²) in [4.78, 5) is 12.5. The van der Waals surface area contributed by atoms with Gasteiger partial charge in [-0.05, 0) is 36.7 Å². The highest BCUT2D eigenvalue weighted by Gasteiger charge is 2.29. The number of fused-ring (bicyclic) bond motifs is 1. The van der Waals surface area contributed by atoms with E-state index in [1.807, 2.05) is 30.3 Å². The Labute approximate surface area is 107 Å². The predicted molar refractivity (Wildman–Crippen MR) is 73.9 cm³/mol. The third-order valence-electron chi connectivity index (χ3n) is 3.90. The highest BCUT2D eigenvalue weighted by molar-refractivity contribution is 6.01. The lowest BCUT2D eigenvalue weighted by Gasteiger charge is -2.14. The number of benzene rings is 2. The molecule has 2 aromatic rings. The van der Waals surface area contributed by atoms with E-state index in [-0.39, 0.29) is 11.7 Å². The lowest BCUT2D eigenvalue weighted by atomic mass is 9.91. The van der Waals surface area contributed by atoms with Crippen molar-refractivity contribution in [2.75, 3.05) is 6.54 Å². The molecule has 1 saturated heterocycles. The summed E-state index contributed by atoms with van der Waals surface area (Å²) in [6, 6.07) is 14.5. The van der Waals surface area contributed by atoms with Crippen LogP contribution in [0.25, 0.3) is 10.8 Å². The molecular formula is C16H17NO. The third kappa shape index (κ3) is 1.93. The van der Waals surface area contributed by atoms with Crippen molar-refractivity contribution in [1.82, 2.24) is 5.32 Å². The molecule has 0 amide bonds. The Morgan fingerprint density at radius 2 is 1.94 bits per heavy atom. The molecule has 2 unspecified atom stereocenters. The molecule has 1 heterocycles. The van der Waals surface area contributed by atoms with Gasteiger partial charge in [-0.3, -0.25) is 4.79 Å². The van der Waals surface area contributed by atoms with Crippen LogP contribution in [0.5, 0.6) is 0 Å². The van der Waals surface area contributed by atoms with Crippen LogP contribution in [0.4, 0.5) is 0 Å². The smallest absolute Gasteiger partial charge is 0.167 e. The van der Waals surface area contributed by atoms with Crippen LogP contribution in [0.2, 0.25) is 0 Å². The molecule has 0 radical (unpaired) electrons. The molecule has 92 valence electrons. The fourth-order valence-electron chi connectivity index (χ4n) is 2.77. The van der Waals surface area contributed by atoms with Crippen molar-refractivity contribution >= 4 is 16.6 Å². The van der Waals surface area contributed by atoms with E-state index in [1.54, 1.807) is 0 Å². The predicted octanol–water partition coefficient (Wildman–Crippen LogP) is 3.02. The Hall–Kier alpha value is -1.67. The van der Waals surface area contributed by atoms with Crippen molar-refractivity contribution < 1.29 is 4.79 Å². The first-order valence-corrected chi connectivity index (χ1v) is 6.52. The monoisotopic (exact) mass is 239 g/mol. The maximum atomic E-state index is 12.5. The fourth-order valence-corrected chi connectivity index (χ4v) is 2.77. The summed E-state index contributed by atoms with van der Waals surface area (Å²) >= 11 is 0. The summed E-state index contributed by atoms with van der Waals surface area (Å²) in [6.45, 7) is 3.04. The highest BCUT2D eigenvalue weighted by Crippen LogP contribution is 2.23. The van der Waals surface area contributed by atoms with Gasteiger partial charge < -0.3 is 5.32 Å². The summed E-state index contributed by atoms with van der Waals surface area (Å²) < 4.78 is 0. The zero-order valence-corrected chi connectivity index (χ0v) is 10.5. The minimum absolute atomic E-state index is 0.131. The number of rotatable bonds is 2. The van der Waals surface area contributed by atoms with Crippen molar-refractivity contribution in [2.45, 2.75) is 19.4 Å². The summed E-state index contributed by atoms with van der Waals surface area (Å²) in [5.74, 6) is 0.407. The average molecular weight is 239 g/mol. The Morgan fingerprint density at radius 3 is 2.67 bits per heavy atom. The second-order valence-corrected chi connectivity index (χ2v) is 5.06. The summed E-state index contributed by atoms with van der Waals surface area (Å²) in [5, 5.41) is 5.66. The zero-order valence-electron chi connectivity index (χ0n) is 10.5. The molecule has 1 fully saturated rings. The molecule has 1 N–H and O–H groups in total.